The van der Waals surface area contributed by atoms with Crippen LogP contribution < -0.4 is 10.6 Å². The molecule has 8 heteroatoms. The van der Waals surface area contributed by atoms with Crippen LogP contribution in [0.4, 0.5) is 0 Å². The molecule has 1 saturated heterocycles. The van der Waals surface area contributed by atoms with E-state index in [1.807, 2.05) is 0 Å². The molecule has 2 N–H and O–H groups in total. The number of nitrogens with one attached hydrogen (secondary N) is 2. The van der Waals surface area contributed by atoms with Crippen LogP contribution in [-0.4, -0.2) is 66.8 Å². The summed E-state index contributed by atoms with van der Waals surface area (Å²) in [5, 5.41) is 15.5. The number of rotatable bonds is 10. The van der Waals surface area contributed by atoms with Crippen LogP contribution in [0.2, 0.25) is 0 Å². The predicted molar refractivity (Wildman–Crippen MR) is 110 cm³/mol. The summed E-state index contributed by atoms with van der Waals surface area (Å²) in [6.07, 6.45) is 7.72. The summed E-state index contributed by atoms with van der Waals surface area (Å²) in [7, 11) is 0. The van der Waals surface area contributed by atoms with Crippen LogP contribution in [0.25, 0.3) is 0 Å². The minimum atomic E-state index is 0.578. The first-order chi connectivity index (χ1) is 13.9. The molecule has 0 aliphatic carbocycles. The van der Waals surface area contributed by atoms with E-state index in [1.165, 1.54) is 19.3 Å². The second-order valence-electron chi connectivity index (χ2n) is 7.59. The molecule has 1 aromatic heterocycles. The lowest BCUT2D eigenvalue weighted by atomic mass is 10.1. The fourth-order valence-corrected chi connectivity index (χ4v) is 3.69. The van der Waals surface area contributed by atoms with E-state index in [0.717, 1.165) is 95.9 Å². The number of fused-ring (bicyclic) bond motifs is 1. The Labute approximate surface area is 168 Å². The summed E-state index contributed by atoms with van der Waals surface area (Å²) in [5.41, 5.74) is 0. The van der Waals surface area contributed by atoms with Crippen molar-refractivity contribution >= 4 is 5.96 Å². The number of aryl methyl sites for hydroxylation is 1. The van der Waals surface area contributed by atoms with Crippen LogP contribution in [0.1, 0.15) is 50.7 Å². The highest BCUT2D eigenvalue weighted by Gasteiger charge is 2.15. The van der Waals surface area contributed by atoms with Gasteiger partial charge in [0.25, 0.3) is 0 Å². The van der Waals surface area contributed by atoms with Crippen LogP contribution in [0, 0.1) is 5.92 Å². The zero-order valence-electron chi connectivity index (χ0n) is 17.3. The summed E-state index contributed by atoms with van der Waals surface area (Å²) in [6.45, 7) is 8.86. The monoisotopic (exact) mass is 392 g/mol. The molecule has 158 valence electrons. The van der Waals surface area contributed by atoms with Gasteiger partial charge in [-0.05, 0) is 32.6 Å². The molecule has 0 radical (unpaired) electrons. The van der Waals surface area contributed by atoms with Crippen molar-refractivity contribution in [3.8, 4) is 0 Å². The minimum Gasteiger partial charge on any atom is -0.381 e. The third kappa shape index (κ3) is 6.74. The SMILES string of the molecule is CCNC(=NCCCOCC1CCOC1)NCCc1nnc2n1CCCCC2. The van der Waals surface area contributed by atoms with Gasteiger partial charge in [-0.3, -0.25) is 4.99 Å². The highest BCUT2D eigenvalue weighted by molar-refractivity contribution is 5.79. The number of ether oxygens (including phenoxy) is 2. The number of hydrogen-bond donors (Lipinski definition) is 2. The molecule has 3 rings (SSSR count). The Morgan fingerprint density at radius 1 is 1.29 bits per heavy atom. The van der Waals surface area contributed by atoms with Crippen molar-refractivity contribution in [2.24, 2.45) is 10.9 Å². The molecule has 0 amide bonds. The summed E-state index contributed by atoms with van der Waals surface area (Å²) in [5.74, 6) is 3.68. The zero-order chi connectivity index (χ0) is 19.4. The maximum absolute atomic E-state index is 5.74. The molecule has 0 spiro atoms. The first-order valence-electron chi connectivity index (χ1n) is 11.0. The molecule has 1 unspecified atom stereocenters. The first kappa shape index (κ1) is 21.0. The molecular formula is C20H36N6O2. The minimum absolute atomic E-state index is 0.578. The third-order valence-corrected chi connectivity index (χ3v) is 5.27. The Morgan fingerprint density at radius 2 is 2.25 bits per heavy atom. The number of guanidine groups is 1. The molecule has 8 nitrogen and oxygen atoms in total. The molecule has 1 aromatic rings. The van der Waals surface area contributed by atoms with Crippen LogP contribution >= 0.6 is 0 Å². The van der Waals surface area contributed by atoms with Gasteiger partial charge in [-0.15, -0.1) is 10.2 Å². The van der Waals surface area contributed by atoms with Crippen LogP contribution in [0.5, 0.6) is 0 Å². The van der Waals surface area contributed by atoms with E-state index in [0.29, 0.717) is 5.92 Å². The molecule has 0 saturated carbocycles. The maximum atomic E-state index is 5.74. The van der Waals surface area contributed by atoms with E-state index >= 15 is 0 Å². The van der Waals surface area contributed by atoms with Crippen molar-refractivity contribution in [2.45, 2.75) is 58.4 Å². The third-order valence-electron chi connectivity index (χ3n) is 5.27. The largest absolute Gasteiger partial charge is 0.381 e. The predicted octanol–water partition coefficient (Wildman–Crippen LogP) is 1.55. The van der Waals surface area contributed by atoms with Crippen LogP contribution in [0.3, 0.4) is 0 Å². The van der Waals surface area contributed by atoms with E-state index in [9.17, 15) is 0 Å². The normalized spacial score (nSPS) is 20.0. The second-order valence-corrected chi connectivity index (χ2v) is 7.59. The van der Waals surface area contributed by atoms with Crippen molar-refractivity contribution in [1.29, 1.82) is 0 Å². The Hall–Kier alpha value is -1.67. The van der Waals surface area contributed by atoms with Crippen LogP contribution in [-0.2, 0) is 28.9 Å². The van der Waals surface area contributed by atoms with E-state index < -0.39 is 0 Å². The fourth-order valence-electron chi connectivity index (χ4n) is 3.69. The van der Waals surface area contributed by atoms with E-state index in [1.54, 1.807) is 0 Å². The highest BCUT2D eigenvalue weighted by atomic mass is 16.5. The number of aliphatic imine (C=N–C) groups is 1. The number of nitrogens with zero attached hydrogens (tertiary/aromatic N) is 4. The lowest BCUT2D eigenvalue weighted by Crippen LogP contribution is -2.38. The fraction of sp³-hybridized carbons (Fsp3) is 0.850. The van der Waals surface area contributed by atoms with E-state index in [2.05, 4.69) is 37.3 Å². The molecule has 0 aromatic carbocycles. The van der Waals surface area contributed by atoms with Crippen molar-refractivity contribution in [1.82, 2.24) is 25.4 Å². The summed E-state index contributed by atoms with van der Waals surface area (Å²) < 4.78 is 13.4. The molecule has 28 heavy (non-hydrogen) atoms. The van der Waals surface area contributed by atoms with Gasteiger partial charge in [-0.25, -0.2) is 0 Å². The maximum Gasteiger partial charge on any atom is 0.191 e. The topological polar surface area (TPSA) is 85.6 Å². The number of hydrogen-bond acceptors (Lipinski definition) is 5. The summed E-state index contributed by atoms with van der Waals surface area (Å²) in [6, 6.07) is 0. The summed E-state index contributed by atoms with van der Waals surface area (Å²) in [4.78, 5) is 4.65. The van der Waals surface area contributed by atoms with E-state index in [-0.39, 0.29) is 0 Å². The Morgan fingerprint density at radius 3 is 3.11 bits per heavy atom. The molecule has 2 aliphatic heterocycles. The van der Waals surface area contributed by atoms with Gasteiger partial charge in [0.15, 0.2) is 5.96 Å². The van der Waals surface area contributed by atoms with Gasteiger partial charge in [0.2, 0.25) is 0 Å². The lowest BCUT2D eigenvalue weighted by Gasteiger charge is -2.12. The van der Waals surface area contributed by atoms with Gasteiger partial charge in [-0.2, -0.15) is 0 Å². The standard InChI is InChI=1S/C20H36N6O2/c1-2-21-20(22-10-6-13-27-15-17-9-14-28-16-17)23-11-8-19-25-24-18-7-4-3-5-12-26(18)19/h17H,2-16H2,1H3,(H2,21,22,23). The lowest BCUT2D eigenvalue weighted by molar-refractivity contribution is 0.0893. The quantitative estimate of drug-likeness (QED) is 0.357. The smallest absolute Gasteiger partial charge is 0.191 e. The van der Waals surface area contributed by atoms with Crippen molar-refractivity contribution in [2.75, 3.05) is 46.1 Å². The second kappa shape index (κ2) is 12.0. The molecule has 1 atom stereocenters. The van der Waals surface area contributed by atoms with Gasteiger partial charge < -0.3 is 24.7 Å². The highest BCUT2D eigenvalue weighted by Crippen LogP contribution is 2.14. The van der Waals surface area contributed by atoms with Gasteiger partial charge in [-0.1, -0.05) is 6.42 Å². The number of aromatic nitrogens is 3. The Kier molecular flexibility index (Phi) is 9.03. The summed E-state index contributed by atoms with van der Waals surface area (Å²) >= 11 is 0. The van der Waals surface area contributed by atoms with E-state index in [4.69, 9.17) is 9.47 Å². The van der Waals surface area contributed by atoms with Crippen molar-refractivity contribution in [3.63, 3.8) is 0 Å². The van der Waals surface area contributed by atoms with Gasteiger partial charge in [0.1, 0.15) is 11.6 Å². The average Bonchev–Trinajstić information content (AvgIpc) is 3.29. The van der Waals surface area contributed by atoms with Crippen molar-refractivity contribution in [3.05, 3.63) is 11.6 Å². The Balaban J connectivity index is 1.34. The molecule has 2 aliphatic rings. The molecular weight excluding hydrogens is 356 g/mol. The molecule has 1 fully saturated rings. The average molecular weight is 393 g/mol. The van der Waals surface area contributed by atoms with Crippen molar-refractivity contribution < 1.29 is 9.47 Å². The first-order valence-corrected chi connectivity index (χ1v) is 11.0. The zero-order valence-corrected chi connectivity index (χ0v) is 17.3. The molecule has 0 bridgehead atoms. The Bertz CT molecular complexity index is 598. The van der Waals surface area contributed by atoms with Gasteiger partial charge >= 0.3 is 0 Å². The van der Waals surface area contributed by atoms with Gasteiger partial charge in [0.05, 0.1) is 13.2 Å². The van der Waals surface area contributed by atoms with Crippen LogP contribution in [0.15, 0.2) is 4.99 Å². The molecule has 3 heterocycles. The van der Waals surface area contributed by atoms with Gasteiger partial charge in [0, 0.05) is 58.2 Å².